The SMILES string of the molecule is C=CCCC(C)(C)CCC(=C)C. The number of allylic oxidation sites excluding steroid dienone is 2. The van der Waals surface area contributed by atoms with Gasteiger partial charge in [-0.1, -0.05) is 25.5 Å². The van der Waals surface area contributed by atoms with E-state index in [4.69, 9.17) is 0 Å². The van der Waals surface area contributed by atoms with Crippen molar-refractivity contribution in [1.82, 2.24) is 0 Å². The molecule has 0 unspecified atom stereocenters. The molecular weight excluding hydrogens is 144 g/mol. The van der Waals surface area contributed by atoms with Crippen molar-refractivity contribution in [2.45, 2.75) is 46.5 Å². The van der Waals surface area contributed by atoms with Gasteiger partial charge >= 0.3 is 0 Å². The molecule has 0 radical (unpaired) electrons. The molecule has 0 spiro atoms. The minimum absolute atomic E-state index is 0.452. The summed E-state index contributed by atoms with van der Waals surface area (Å²) in [7, 11) is 0. The molecule has 70 valence electrons. The first kappa shape index (κ1) is 11.5. The molecule has 0 heterocycles. The molecule has 0 nitrogen and oxygen atoms in total. The monoisotopic (exact) mass is 166 g/mol. The van der Waals surface area contributed by atoms with E-state index in [1.54, 1.807) is 0 Å². The maximum Gasteiger partial charge on any atom is -0.0321 e. The highest BCUT2D eigenvalue weighted by molar-refractivity contribution is 4.90. The van der Waals surface area contributed by atoms with Crippen molar-refractivity contribution in [2.24, 2.45) is 5.41 Å². The van der Waals surface area contributed by atoms with Crippen LogP contribution in [-0.2, 0) is 0 Å². The fourth-order valence-corrected chi connectivity index (χ4v) is 1.17. The summed E-state index contributed by atoms with van der Waals surface area (Å²) < 4.78 is 0. The van der Waals surface area contributed by atoms with Crippen LogP contribution in [0.1, 0.15) is 46.5 Å². The summed E-state index contributed by atoms with van der Waals surface area (Å²) in [4.78, 5) is 0. The summed E-state index contributed by atoms with van der Waals surface area (Å²) in [6, 6.07) is 0. The van der Waals surface area contributed by atoms with E-state index in [0.29, 0.717) is 5.41 Å². The summed E-state index contributed by atoms with van der Waals surface area (Å²) in [5, 5.41) is 0. The van der Waals surface area contributed by atoms with Crippen LogP contribution in [0.5, 0.6) is 0 Å². The predicted octanol–water partition coefficient (Wildman–Crippen LogP) is 4.34. The summed E-state index contributed by atoms with van der Waals surface area (Å²) in [6.45, 7) is 14.4. The van der Waals surface area contributed by atoms with E-state index >= 15 is 0 Å². The molecule has 0 aliphatic rings. The molecule has 0 aromatic rings. The van der Waals surface area contributed by atoms with Gasteiger partial charge in [0.2, 0.25) is 0 Å². The van der Waals surface area contributed by atoms with Gasteiger partial charge in [0, 0.05) is 0 Å². The lowest BCUT2D eigenvalue weighted by Crippen LogP contribution is -2.10. The number of rotatable bonds is 6. The van der Waals surface area contributed by atoms with Crippen LogP contribution in [0.3, 0.4) is 0 Å². The quantitative estimate of drug-likeness (QED) is 0.515. The standard InChI is InChI=1S/C12H22/c1-6-7-9-12(4,5)10-8-11(2)3/h6H,1-2,7-10H2,3-5H3. The first-order valence-electron chi connectivity index (χ1n) is 4.73. The fourth-order valence-electron chi connectivity index (χ4n) is 1.17. The Kier molecular flexibility index (Phi) is 4.96. The molecule has 0 atom stereocenters. The van der Waals surface area contributed by atoms with Crippen LogP contribution in [0.2, 0.25) is 0 Å². The first-order valence-corrected chi connectivity index (χ1v) is 4.73. The third-order valence-electron chi connectivity index (χ3n) is 2.25. The molecule has 0 aliphatic carbocycles. The molecule has 0 saturated heterocycles. The van der Waals surface area contributed by atoms with E-state index in [2.05, 4.69) is 33.9 Å². The molecule has 0 heteroatoms. The van der Waals surface area contributed by atoms with Gasteiger partial charge in [-0.25, -0.2) is 0 Å². The normalized spacial score (nSPS) is 11.2. The van der Waals surface area contributed by atoms with Crippen LogP contribution < -0.4 is 0 Å². The van der Waals surface area contributed by atoms with Crippen molar-refractivity contribution >= 4 is 0 Å². The predicted molar refractivity (Wildman–Crippen MR) is 57.3 cm³/mol. The van der Waals surface area contributed by atoms with Gasteiger partial charge in [0.25, 0.3) is 0 Å². The molecule has 0 fully saturated rings. The van der Waals surface area contributed by atoms with Gasteiger partial charge in [-0.05, 0) is 38.0 Å². The molecule has 0 N–H and O–H groups in total. The van der Waals surface area contributed by atoms with Crippen molar-refractivity contribution in [1.29, 1.82) is 0 Å². The van der Waals surface area contributed by atoms with Gasteiger partial charge in [-0.3, -0.25) is 0 Å². The molecule has 0 aliphatic heterocycles. The van der Waals surface area contributed by atoms with Crippen LogP contribution in [0.25, 0.3) is 0 Å². The second kappa shape index (κ2) is 5.18. The van der Waals surface area contributed by atoms with Gasteiger partial charge < -0.3 is 0 Å². The second-order valence-corrected chi connectivity index (χ2v) is 4.45. The van der Waals surface area contributed by atoms with Crippen molar-refractivity contribution in [2.75, 3.05) is 0 Å². The Morgan fingerprint density at radius 2 is 1.92 bits per heavy atom. The van der Waals surface area contributed by atoms with Crippen molar-refractivity contribution in [3.05, 3.63) is 24.8 Å². The third-order valence-corrected chi connectivity index (χ3v) is 2.25. The van der Waals surface area contributed by atoms with E-state index in [1.807, 2.05) is 6.08 Å². The van der Waals surface area contributed by atoms with E-state index in [1.165, 1.54) is 18.4 Å². The van der Waals surface area contributed by atoms with Crippen LogP contribution in [0, 0.1) is 5.41 Å². The van der Waals surface area contributed by atoms with E-state index in [0.717, 1.165) is 12.8 Å². The first-order chi connectivity index (χ1) is 5.48. The Bertz CT molecular complexity index is 151. The number of hydrogen-bond acceptors (Lipinski definition) is 0. The van der Waals surface area contributed by atoms with Crippen molar-refractivity contribution in [3.8, 4) is 0 Å². The molecule has 12 heavy (non-hydrogen) atoms. The molecular formula is C12H22. The van der Waals surface area contributed by atoms with Gasteiger partial charge in [0.15, 0.2) is 0 Å². The summed E-state index contributed by atoms with van der Waals surface area (Å²) in [5.41, 5.74) is 1.74. The Balaban J connectivity index is 3.69. The largest absolute Gasteiger partial charge is 0.103 e. The van der Waals surface area contributed by atoms with Crippen molar-refractivity contribution in [3.63, 3.8) is 0 Å². The van der Waals surface area contributed by atoms with Crippen LogP contribution in [0.4, 0.5) is 0 Å². The molecule has 0 saturated carbocycles. The van der Waals surface area contributed by atoms with E-state index < -0.39 is 0 Å². The maximum atomic E-state index is 3.92. The maximum absolute atomic E-state index is 3.92. The molecule has 0 aromatic heterocycles. The second-order valence-electron chi connectivity index (χ2n) is 4.45. The van der Waals surface area contributed by atoms with Crippen LogP contribution in [0.15, 0.2) is 24.8 Å². The average molecular weight is 166 g/mol. The summed E-state index contributed by atoms with van der Waals surface area (Å²) in [6.07, 6.45) is 6.77. The molecule has 0 rings (SSSR count). The molecule has 0 bridgehead atoms. The zero-order chi connectivity index (χ0) is 9.61. The smallest absolute Gasteiger partial charge is 0.0321 e. The summed E-state index contributed by atoms with van der Waals surface area (Å²) in [5.74, 6) is 0. The lowest BCUT2D eigenvalue weighted by molar-refractivity contribution is 0.310. The Morgan fingerprint density at radius 1 is 1.33 bits per heavy atom. The zero-order valence-corrected chi connectivity index (χ0v) is 8.82. The Hall–Kier alpha value is -0.520. The fraction of sp³-hybridized carbons (Fsp3) is 0.667. The zero-order valence-electron chi connectivity index (χ0n) is 8.82. The molecule has 0 aromatic carbocycles. The highest BCUT2D eigenvalue weighted by Crippen LogP contribution is 2.29. The van der Waals surface area contributed by atoms with Crippen LogP contribution >= 0.6 is 0 Å². The topological polar surface area (TPSA) is 0 Å². The number of hydrogen-bond donors (Lipinski definition) is 0. The van der Waals surface area contributed by atoms with Gasteiger partial charge in [-0.15, -0.1) is 13.2 Å². The minimum atomic E-state index is 0.452. The van der Waals surface area contributed by atoms with Crippen molar-refractivity contribution < 1.29 is 0 Å². The van der Waals surface area contributed by atoms with E-state index in [-0.39, 0.29) is 0 Å². The highest BCUT2D eigenvalue weighted by atomic mass is 14.2. The molecule has 0 amide bonds. The minimum Gasteiger partial charge on any atom is -0.103 e. The van der Waals surface area contributed by atoms with Gasteiger partial charge in [0.05, 0.1) is 0 Å². The van der Waals surface area contributed by atoms with E-state index in [9.17, 15) is 0 Å². The highest BCUT2D eigenvalue weighted by Gasteiger charge is 2.15. The lowest BCUT2D eigenvalue weighted by Gasteiger charge is -2.23. The third kappa shape index (κ3) is 6.21. The lowest BCUT2D eigenvalue weighted by atomic mass is 9.82. The summed E-state index contributed by atoms with van der Waals surface area (Å²) >= 11 is 0. The average Bonchev–Trinajstić information content (AvgIpc) is 1.98. The Morgan fingerprint density at radius 3 is 2.33 bits per heavy atom. The Labute approximate surface area is 77.4 Å². The van der Waals surface area contributed by atoms with Gasteiger partial charge in [-0.2, -0.15) is 0 Å². The van der Waals surface area contributed by atoms with Gasteiger partial charge in [0.1, 0.15) is 0 Å². The van der Waals surface area contributed by atoms with Crippen LogP contribution in [-0.4, -0.2) is 0 Å².